The van der Waals surface area contributed by atoms with E-state index in [1.165, 1.54) is 0 Å². The largest absolute Gasteiger partial charge is 0.366 e. The molecule has 8 heteroatoms. The Bertz CT molecular complexity index is 1140. The Morgan fingerprint density at radius 3 is 2.96 bits per heavy atom. The van der Waals surface area contributed by atoms with Gasteiger partial charge in [0.25, 0.3) is 0 Å². The van der Waals surface area contributed by atoms with E-state index in [0.717, 1.165) is 53.3 Å². The molecule has 0 radical (unpaired) electrons. The lowest BCUT2D eigenvalue weighted by atomic mass is 10.2. The topological polar surface area (TPSA) is 79.2 Å². The van der Waals surface area contributed by atoms with E-state index in [1.54, 1.807) is 12.5 Å². The molecule has 1 aliphatic heterocycles. The van der Waals surface area contributed by atoms with Crippen molar-refractivity contribution in [3.63, 3.8) is 0 Å². The first-order valence-electron chi connectivity index (χ1n) is 9.31. The van der Waals surface area contributed by atoms with E-state index in [-0.39, 0.29) is 0 Å². The second-order valence-electron chi connectivity index (χ2n) is 7.04. The molecule has 28 heavy (non-hydrogen) atoms. The van der Waals surface area contributed by atoms with Gasteiger partial charge in [-0.3, -0.25) is 4.40 Å². The number of nitrogens with zero attached hydrogens (tertiary/aromatic N) is 4. The summed E-state index contributed by atoms with van der Waals surface area (Å²) in [4.78, 5) is 13.9. The molecule has 4 aromatic rings. The molecule has 1 aliphatic rings. The molecule has 0 unspecified atom stereocenters. The number of fused-ring (bicyclic) bond motifs is 3. The molecular formula is C20H20ClN7. The van der Waals surface area contributed by atoms with Gasteiger partial charge in [0.2, 0.25) is 0 Å². The van der Waals surface area contributed by atoms with Crippen LogP contribution in [0.4, 0.5) is 17.3 Å². The summed E-state index contributed by atoms with van der Waals surface area (Å²) >= 11 is 6.39. The molecule has 1 aromatic carbocycles. The third-order valence-electron chi connectivity index (χ3n) is 5.07. The highest BCUT2D eigenvalue weighted by atomic mass is 35.5. The second kappa shape index (κ2) is 6.92. The number of anilines is 3. The standard InChI is InChI=1S/C20H20ClN7/c1-12-3-2-4-14(21)18(12)27-19-16-10-23-11-28(16)20-15(25-19)5-6-17(26-20)24-13-7-8-22-9-13/h2-6,10-11,13,22H,7-9H2,1H3,(H,24,26)(H,25,27)/t13-/m1/s1. The second-order valence-corrected chi connectivity index (χ2v) is 7.45. The average molecular weight is 394 g/mol. The quantitative estimate of drug-likeness (QED) is 0.490. The zero-order chi connectivity index (χ0) is 19.1. The van der Waals surface area contributed by atoms with Gasteiger partial charge in [-0.15, -0.1) is 0 Å². The lowest BCUT2D eigenvalue weighted by molar-refractivity contribution is 0.788. The average Bonchev–Trinajstić information content (AvgIpc) is 3.37. The van der Waals surface area contributed by atoms with Crippen LogP contribution in [-0.4, -0.2) is 38.5 Å². The fraction of sp³-hybridized carbons (Fsp3) is 0.250. The van der Waals surface area contributed by atoms with Crippen molar-refractivity contribution < 1.29 is 0 Å². The number of imidazole rings is 1. The van der Waals surface area contributed by atoms with Gasteiger partial charge in [0.05, 0.1) is 16.9 Å². The number of rotatable bonds is 4. The van der Waals surface area contributed by atoms with E-state index < -0.39 is 0 Å². The van der Waals surface area contributed by atoms with E-state index in [2.05, 4.69) is 20.9 Å². The van der Waals surface area contributed by atoms with Crippen molar-refractivity contribution in [1.82, 2.24) is 24.7 Å². The molecule has 4 heterocycles. The van der Waals surface area contributed by atoms with Crippen molar-refractivity contribution >= 4 is 45.6 Å². The number of halogens is 1. The normalized spacial score (nSPS) is 16.7. The zero-order valence-electron chi connectivity index (χ0n) is 15.4. The fourth-order valence-electron chi connectivity index (χ4n) is 3.59. The van der Waals surface area contributed by atoms with E-state index >= 15 is 0 Å². The summed E-state index contributed by atoms with van der Waals surface area (Å²) in [6.07, 6.45) is 4.64. The molecule has 0 spiro atoms. The molecule has 0 saturated carbocycles. The molecule has 3 aromatic heterocycles. The molecule has 0 aliphatic carbocycles. The number of pyridine rings is 1. The Morgan fingerprint density at radius 1 is 1.21 bits per heavy atom. The number of aryl methyl sites for hydroxylation is 1. The maximum Gasteiger partial charge on any atom is 0.166 e. The van der Waals surface area contributed by atoms with Crippen molar-refractivity contribution in [2.75, 3.05) is 23.7 Å². The zero-order valence-corrected chi connectivity index (χ0v) is 16.2. The van der Waals surface area contributed by atoms with E-state index in [9.17, 15) is 0 Å². The summed E-state index contributed by atoms with van der Waals surface area (Å²) in [6, 6.07) is 10.2. The van der Waals surface area contributed by atoms with Gasteiger partial charge < -0.3 is 16.0 Å². The molecule has 1 saturated heterocycles. The first-order chi connectivity index (χ1) is 13.7. The van der Waals surface area contributed by atoms with Crippen LogP contribution < -0.4 is 16.0 Å². The van der Waals surface area contributed by atoms with Crippen molar-refractivity contribution in [3.8, 4) is 0 Å². The molecule has 0 bridgehead atoms. The summed E-state index contributed by atoms with van der Waals surface area (Å²) in [7, 11) is 0. The van der Waals surface area contributed by atoms with Crippen LogP contribution in [0.3, 0.4) is 0 Å². The molecule has 1 atom stereocenters. The Balaban J connectivity index is 1.58. The Kier molecular flexibility index (Phi) is 4.26. The van der Waals surface area contributed by atoms with Crippen LogP contribution in [0.15, 0.2) is 42.9 Å². The van der Waals surface area contributed by atoms with Gasteiger partial charge in [-0.05, 0) is 43.7 Å². The first kappa shape index (κ1) is 17.2. The van der Waals surface area contributed by atoms with Crippen molar-refractivity contribution in [1.29, 1.82) is 0 Å². The predicted molar refractivity (Wildman–Crippen MR) is 113 cm³/mol. The number of nitrogens with one attached hydrogen (secondary N) is 3. The molecule has 3 N–H and O–H groups in total. The monoisotopic (exact) mass is 393 g/mol. The molecule has 5 rings (SSSR count). The van der Waals surface area contributed by atoms with Gasteiger partial charge in [-0.1, -0.05) is 23.7 Å². The van der Waals surface area contributed by atoms with Crippen LogP contribution >= 0.6 is 11.6 Å². The van der Waals surface area contributed by atoms with Crippen LogP contribution in [0.2, 0.25) is 5.02 Å². The Hall–Kier alpha value is -2.90. The van der Waals surface area contributed by atoms with Crippen LogP contribution in [0.25, 0.3) is 16.7 Å². The van der Waals surface area contributed by atoms with E-state index in [1.807, 2.05) is 41.7 Å². The summed E-state index contributed by atoms with van der Waals surface area (Å²) in [5.74, 6) is 1.55. The molecule has 0 amide bonds. The molecule has 7 nitrogen and oxygen atoms in total. The summed E-state index contributed by atoms with van der Waals surface area (Å²) in [5, 5.41) is 10.9. The lowest BCUT2D eigenvalue weighted by Gasteiger charge is -2.15. The van der Waals surface area contributed by atoms with Crippen LogP contribution in [-0.2, 0) is 0 Å². The third-order valence-corrected chi connectivity index (χ3v) is 5.39. The summed E-state index contributed by atoms with van der Waals surface area (Å²) < 4.78 is 1.95. The smallest absolute Gasteiger partial charge is 0.166 e. The minimum Gasteiger partial charge on any atom is -0.366 e. The fourth-order valence-corrected chi connectivity index (χ4v) is 3.86. The number of aromatic nitrogens is 4. The molecular weight excluding hydrogens is 374 g/mol. The summed E-state index contributed by atoms with van der Waals surface area (Å²) in [6.45, 7) is 4.01. The highest BCUT2D eigenvalue weighted by Gasteiger charge is 2.16. The number of hydrogen-bond acceptors (Lipinski definition) is 6. The number of para-hydroxylation sites is 1. The Labute approximate surface area is 167 Å². The first-order valence-corrected chi connectivity index (χ1v) is 9.69. The lowest BCUT2D eigenvalue weighted by Crippen LogP contribution is -2.22. The molecule has 1 fully saturated rings. The van der Waals surface area contributed by atoms with E-state index in [4.69, 9.17) is 21.6 Å². The number of benzene rings is 1. The highest BCUT2D eigenvalue weighted by molar-refractivity contribution is 6.33. The maximum atomic E-state index is 6.39. The highest BCUT2D eigenvalue weighted by Crippen LogP contribution is 2.31. The molecule has 142 valence electrons. The van der Waals surface area contributed by atoms with Gasteiger partial charge in [-0.2, -0.15) is 0 Å². The van der Waals surface area contributed by atoms with Crippen LogP contribution in [0.1, 0.15) is 12.0 Å². The van der Waals surface area contributed by atoms with Gasteiger partial charge >= 0.3 is 0 Å². The van der Waals surface area contributed by atoms with Gasteiger partial charge in [0.1, 0.15) is 23.2 Å². The van der Waals surface area contributed by atoms with Crippen LogP contribution in [0, 0.1) is 6.92 Å². The van der Waals surface area contributed by atoms with Crippen LogP contribution in [0.5, 0.6) is 0 Å². The van der Waals surface area contributed by atoms with Crippen molar-refractivity contribution in [3.05, 3.63) is 53.4 Å². The summed E-state index contributed by atoms with van der Waals surface area (Å²) in [5.41, 5.74) is 4.30. The van der Waals surface area contributed by atoms with Gasteiger partial charge in [-0.25, -0.2) is 15.0 Å². The van der Waals surface area contributed by atoms with E-state index in [0.29, 0.717) is 16.9 Å². The maximum absolute atomic E-state index is 6.39. The van der Waals surface area contributed by atoms with Crippen molar-refractivity contribution in [2.45, 2.75) is 19.4 Å². The SMILES string of the molecule is Cc1cccc(Cl)c1Nc1nc2ccc(N[C@@H]3CCNC3)nc2n2cncc12. The Morgan fingerprint density at radius 2 is 2.14 bits per heavy atom. The number of hydrogen-bond donors (Lipinski definition) is 3. The van der Waals surface area contributed by atoms with Crippen molar-refractivity contribution in [2.24, 2.45) is 0 Å². The van der Waals surface area contributed by atoms with Gasteiger partial charge in [0.15, 0.2) is 11.5 Å². The third kappa shape index (κ3) is 3.02. The van der Waals surface area contributed by atoms with Gasteiger partial charge in [0, 0.05) is 12.6 Å². The minimum atomic E-state index is 0.403. The minimum absolute atomic E-state index is 0.403. The predicted octanol–water partition coefficient (Wildman–Crippen LogP) is 3.76.